The van der Waals surface area contributed by atoms with E-state index in [0.29, 0.717) is 13.0 Å². The zero-order valence-corrected chi connectivity index (χ0v) is 13.1. The number of carbonyl (C=O) groups excluding carboxylic acids is 1. The van der Waals surface area contributed by atoms with Crippen LogP contribution in [0.25, 0.3) is 0 Å². The summed E-state index contributed by atoms with van der Waals surface area (Å²) in [6, 6.07) is 7.70. The van der Waals surface area contributed by atoms with Crippen LogP contribution in [0.2, 0.25) is 0 Å². The van der Waals surface area contributed by atoms with E-state index in [2.05, 4.69) is 5.32 Å². The Morgan fingerprint density at radius 3 is 2.62 bits per heavy atom. The minimum atomic E-state index is -0.208. The highest BCUT2D eigenvalue weighted by molar-refractivity contribution is 5.78. The van der Waals surface area contributed by atoms with E-state index >= 15 is 0 Å². The number of hydrogen-bond donors (Lipinski definition) is 1. The zero-order valence-electron chi connectivity index (χ0n) is 13.1. The van der Waals surface area contributed by atoms with Crippen molar-refractivity contribution in [3.63, 3.8) is 0 Å². The van der Waals surface area contributed by atoms with Crippen molar-refractivity contribution < 1.29 is 14.3 Å². The molecule has 0 bridgehead atoms. The van der Waals surface area contributed by atoms with Crippen LogP contribution < -0.4 is 10.1 Å². The Balaban J connectivity index is 1.78. The Morgan fingerprint density at radius 2 is 2.05 bits per heavy atom. The molecule has 0 aromatic heterocycles. The molecule has 1 atom stereocenters. The number of benzene rings is 1. The lowest BCUT2D eigenvalue weighted by molar-refractivity contribution is -0.120. The van der Waals surface area contributed by atoms with Gasteiger partial charge in [-0.05, 0) is 51.3 Å². The van der Waals surface area contributed by atoms with Crippen molar-refractivity contribution in [2.45, 2.75) is 51.7 Å². The fraction of sp³-hybridized carbons (Fsp3) is 0.588. The second-order valence-electron chi connectivity index (χ2n) is 6.47. The van der Waals surface area contributed by atoms with E-state index in [1.807, 2.05) is 45.0 Å². The van der Waals surface area contributed by atoms with Gasteiger partial charge in [-0.15, -0.1) is 0 Å². The van der Waals surface area contributed by atoms with Gasteiger partial charge in [0.1, 0.15) is 11.4 Å². The van der Waals surface area contributed by atoms with E-state index in [-0.39, 0.29) is 17.6 Å². The van der Waals surface area contributed by atoms with Crippen LogP contribution >= 0.6 is 0 Å². The lowest BCUT2D eigenvalue weighted by Crippen LogP contribution is -2.32. The molecular formula is C17H25NO3. The van der Waals surface area contributed by atoms with Gasteiger partial charge in [0.15, 0.2) is 0 Å². The zero-order chi connectivity index (χ0) is 15.3. The Morgan fingerprint density at radius 1 is 1.33 bits per heavy atom. The Hall–Kier alpha value is -1.55. The first-order valence-electron chi connectivity index (χ1n) is 7.59. The normalized spacial score (nSPS) is 18.5. The summed E-state index contributed by atoms with van der Waals surface area (Å²) in [6.07, 6.45) is 2.72. The van der Waals surface area contributed by atoms with E-state index in [1.54, 1.807) is 0 Å². The minimum Gasteiger partial charge on any atom is -0.488 e. The Labute approximate surface area is 126 Å². The third-order valence-electron chi connectivity index (χ3n) is 3.26. The largest absolute Gasteiger partial charge is 0.488 e. The van der Waals surface area contributed by atoms with Gasteiger partial charge in [-0.2, -0.15) is 0 Å². The number of hydrogen-bond acceptors (Lipinski definition) is 3. The van der Waals surface area contributed by atoms with E-state index < -0.39 is 0 Å². The molecule has 1 fully saturated rings. The Kier molecular flexibility index (Phi) is 5.23. The van der Waals surface area contributed by atoms with E-state index in [0.717, 1.165) is 30.8 Å². The third kappa shape index (κ3) is 5.76. The summed E-state index contributed by atoms with van der Waals surface area (Å²) < 4.78 is 11.2. The van der Waals surface area contributed by atoms with Crippen LogP contribution in [0.1, 0.15) is 39.2 Å². The van der Waals surface area contributed by atoms with Crippen molar-refractivity contribution in [3.8, 4) is 5.75 Å². The second kappa shape index (κ2) is 6.94. The summed E-state index contributed by atoms with van der Waals surface area (Å²) in [5.74, 6) is 0.862. The number of rotatable bonds is 5. The number of ether oxygens (including phenoxy) is 2. The van der Waals surface area contributed by atoms with Crippen LogP contribution in [0.3, 0.4) is 0 Å². The van der Waals surface area contributed by atoms with Crippen molar-refractivity contribution in [2.24, 2.45) is 0 Å². The molecular weight excluding hydrogens is 266 g/mol. The quantitative estimate of drug-likeness (QED) is 0.907. The molecule has 1 aromatic carbocycles. The number of amides is 1. The molecule has 4 nitrogen and oxygen atoms in total. The summed E-state index contributed by atoms with van der Waals surface area (Å²) in [7, 11) is 0. The van der Waals surface area contributed by atoms with Gasteiger partial charge in [0.2, 0.25) is 5.91 Å². The summed E-state index contributed by atoms with van der Waals surface area (Å²) in [5, 5.41) is 2.93. The summed E-state index contributed by atoms with van der Waals surface area (Å²) in [4.78, 5) is 11.9. The predicted molar refractivity (Wildman–Crippen MR) is 82.5 cm³/mol. The highest BCUT2D eigenvalue weighted by atomic mass is 16.5. The summed E-state index contributed by atoms with van der Waals surface area (Å²) in [5.41, 5.74) is 0.779. The maximum absolute atomic E-state index is 11.9. The highest BCUT2D eigenvalue weighted by Crippen LogP contribution is 2.18. The molecule has 0 radical (unpaired) electrons. The molecule has 1 unspecified atom stereocenters. The van der Waals surface area contributed by atoms with Crippen molar-refractivity contribution in [1.82, 2.24) is 5.32 Å². The van der Waals surface area contributed by atoms with E-state index in [1.165, 1.54) is 0 Å². The van der Waals surface area contributed by atoms with Gasteiger partial charge in [0, 0.05) is 13.2 Å². The van der Waals surface area contributed by atoms with Crippen molar-refractivity contribution in [1.29, 1.82) is 0 Å². The van der Waals surface area contributed by atoms with Gasteiger partial charge in [-0.1, -0.05) is 12.1 Å². The molecule has 1 aromatic rings. The van der Waals surface area contributed by atoms with Gasteiger partial charge in [0.05, 0.1) is 12.5 Å². The smallest absolute Gasteiger partial charge is 0.224 e. The maximum Gasteiger partial charge on any atom is 0.224 e. The fourth-order valence-electron chi connectivity index (χ4n) is 2.31. The number of carbonyl (C=O) groups is 1. The van der Waals surface area contributed by atoms with E-state index in [4.69, 9.17) is 9.47 Å². The van der Waals surface area contributed by atoms with Crippen molar-refractivity contribution in [2.75, 3.05) is 13.2 Å². The second-order valence-corrected chi connectivity index (χ2v) is 6.47. The van der Waals surface area contributed by atoms with Crippen LogP contribution in [0, 0.1) is 0 Å². The highest BCUT2D eigenvalue weighted by Gasteiger charge is 2.16. The van der Waals surface area contributed by atoms with Crippen molar-refractivity contribution >= 4 is 5.91 Å². The van der Waals surface area contributed by atoms with Crippen LogP contribution in [0.4, 0.5) is 0 Å². The van der Waals surface area contributed by atoms with Gasteiger partial charge >= 0.3 is 0 Å². The van der Waals surface area contributed by atoms with E-state index in [9.17, 15) is 4.79 Å². The minimum absolute atomic E-state index is 0.0370. The van der Waals surface area contributed by atoms with Crippen LogP contribution in [0.15, 0.2) is 24.3 Å². The molecule has 0 saturated carbocycles. The average molecular weight is 291 g/mol. The molecule has 1 amide bonds. The standard InChI is InChI=1S/C17H25NO3/c1-17(2,3)21-14-8-6-13(7-9-14)11-16(19)18-12-15-5-4-10-20-15/h6-9,15H,4-5,10-12H2,1-3H3,(H,18,19). The van der Waals surface area contributed by atoms with Gasteiger partial charge in [-0.25, -0.2) is 0 Å². The molecule has 2 rings (SSSR count). The van der Waals surface area contributed by atoms with Gasteiger partial charge in [-0.3, -0.25) is 4.79 Å². The topological polar surface area (TPSA) is 47.6 Å². The molecule has 116 valence electrons. The SMILES string of the molecule is CC(C)(C)Oc1ccc(CC(=O)NCC2CCCO2)cc1. The maximum atomic E-state index is 11.9. The lowest BCUT2D eigenvalue weighted by atomic mass is 10.1. The Bertz CT molecular complexity index is 456. The molecule has 0 aliphatic carbocycles. The molecule has 1 saturated heterocycles. The predicted octanol–water partition coefficient (Wildman–Crippen LogP) is 2.70. The molecule has 1 N–H and O–H groups in total. The first-order valence-corrected chi connectivity index (χ1v) is 7.59. The lowest BCUT2D eigenvalue weighted by Gasteiger charge is -2.21. The monoisotopic (exact) mass is 291 g/mol. The van der Waals surface area contributed by atoms with Gasteiger partial charge < -0.3 is 14.8 Å². The molecule has 1 aliphatic rings. The molecule has 1 heterocycles. The molecule has 1 aliphatic heterocycles. The molecule has 21 heavy (non-hydrogen) atoms. The third-order valence-corrected chi connectivity index (χ3v) is 3.26. The summed E-state index contributed by atoms with van der Waals surface area (Å²) >= 11 is 0. The summed E-state index contributed by atoms with van der Waals surface area (Å²) in [6.45, 7) is 7.47. The average Bonchev–Trinajstić information content (AvgIpc) is 2.90. The first kappa shape index (κ1) is 15.8. The molecule has 0 spiro atoms. The molecule has 4 heteroatoms. The van der Waals surface area contributed by atoms with Crippen LogP contribution in [-0.4, -0.2) is 30.8 Å². The van der Waals surface area contributed by atoms with Gasteiger partial charge in [0.25, 0.3) is 0 Å². The fourth-order valence-corrected chi connectivity index (χ4v) is 2.31. The number of nitrogens with one attached hydrogen (secondary N) is 1. The van der Waals surface area contributed by atoms with Crippen LogP contribution in [0.5, 0.6) is 5.75 Å². The van der Waals surface area contributed by atoms with Crippen LogP contribution in [-0.2, 0) is 16.0 Å². The first-order chi connectivity index (χ1) is 9.92. The van der Waals surface area contributed by atoms with Crippen molar-refractivity contribution in [3.05, 3.63) is 29.8 Å².